The minimum Gasteiger partial charge on any atom is -0.274 e. The fourth-order valence-electron chi connectivity index (χ4n) is 1.98. The number of hydrogen-bond acceptors (Lipinski definition) is 6. The second-order valence-corrected chi connectivity index (χ2v) is 5.33. The van der Waals surface area contributed by atoms with Crippen LogP contribution in [0.15, 0.2) is 58.8 Å². The number of non-ortho nitro benzene ring substituents is 1. The van der Waals surface area contributed by atoms with Crippen LogP contribution in [0.25, 0.3) is 0 Å². The fraction of sp³-hybridized carbons (Fsp3) is 0.125. The van der Waals surface area contributed by atoms with Crippen LogP contribution in [0.3, 0.4) is 0 Å². The van der Waals surface area contributed by atoms with Gasteiger partial charge in [-0.25, -0.2) is 4.90 Å². The largest absolute Gasteiger partial charge is 0.274 e. The van der Waals surface area contributed by atoms with E-state index in [-0.39, 0.29) is 12.2 Å². The molecule has 25 heavy (non-hydrogen) atoms. The van der Waals surface area contributed by atoms with E-state index in [0.717, 1.165) is 4.90 Å². The van der Waals surface area contributed by atoms with E-state index < -0.39 is 16.7 Å². The van der Waals surface area contributed by atoms with Crippen LogP contribution in [-0.2, 0) is 9.59 Å². The number of carbonyl (C=O) groups is 2. The Kier molecular flexibility index (Phi) is 5.91. The lowest BCUT2D eigenvalue weighted by Crippen LogP contribution is -2.36. The summed E-state index contributed by atoms with van der Waals surface area (Å²) in [6, 6.07) is 11.6. The molecule has 0 saturated carbocycles. The van der Waals surface area contributed by atoms with Gasteiger partial charge in [-0.05, 0) is 36.4 Å². The number of azo groups is 1. The third-order valence-electron chi connectivity index (χ3n) is 3.10. The van der Waals surface area contributed by atoms with Crippen LogP contribution in [0.5, 0.6) is 0 Å². The number of nitro benzene ring substituents is 1. The number of amides is 2. The second kappa shape index (κ2) is 8.11. The number of nitro groups is 1. The molecule has 0 unspecified atom stereocenters. The highest BCUT2D eigenvalue weighted by molar-refractivity contribution is 6.30. The summed E-state index contributed by atoms with van der Waals surface area (Å²) in [7, 11) is 0. The zero-order chi connectivity index (χ0) is 18.4. The number of rotatable bonds is 5. The van der Waals surface area contributed by atoms with Gasteiger partial charge in [-0.1, -0.05) is 11.6 Å². The van der Waals surface area contributed by atoms with Gasteiger partial charge in [0.05, 0.1) is 16.3 Å². The molecule has 0 radical (unpaired) electrons. The number of halogens is 1. The van der Waals surface area contributed by atoms with Crippen LogP contribution in [0.2, 0.25) is 5.02 Å². The molecule has 8 nitrogen and oxygen atoms in total. The third kappa shape index (κ3) is 4.92. The van der Waals surface area contributed by atoms with E-state index in [0.29, 0.717) is 16.4 Å². The summed E-state index contributed by atoms with van der Waals surface area (Å²) in [5.74, 6) is -1.02. The first kappa shape index (κ1) is 18.2. The molecule has 128 valence electrons. The van der Waals surface area contributed by atoms with Gasteiger partial charge in [0.1, 0.15) is 6.54 Å². The molecule has 0 aromatic heterocycles. The maximum atomic E-state index is 12.2. The van der Waals surface area contributed by atoms with E-state index in [2.05, 4.69) is 10.2 Å². The van der Waals surface area contributed by atoms with Crippen LogP contribution in [0.4, 0.5) is 17.1 Å². The summed E-state index contributed by atoms with van der Waals surface area (Å²) in [5.41, 5.74) is 0.673. The molecule has 2 rings (SSSR count). The standard InChI is InChI=1S/C16H13ClN4O4/c1-11(22)20(14-6-2-12(17)3-7-14)16(23)10-18-19-13-4-8-15(9-5-13)21(24)25/h2-9H,10H2,1H3. The lowest BCUT2D eigenvalue weighted by molar-refractivity contribution is -0.384. The predicted molar refractivity (Wildman–Crippen MR) is 92.1 cm³/mol. The maximum absolute atomic E-state index is 12.2. The van der Waals surface area contributed by atoms with Gasteiger partial charge < -0.3 is 0 Å². The summed E-state index contributed by atoms with van der Waals surface area (Å²) in [6.45, 7) is 0.916. The van der Waals surface area contributed by atoms with Crippen molar-refractivity contribution in [3.05, 3.63) is 63.7 Å². The Bertz CT molecular complexity index is 819. The van der Waals surface area contributed by atoms with Crippen molar-refractivity contribution in [1.29, 1.82) is 0 Å². The third-order valence-corrected chi connectivity index (χ3v) is 3.35. The van der Waals surface area contributed by atoms with Crippen molar-refractivity contribution >= 4 is 40.5 Å². The molecule has 0 aliphatic heterocycles. The van der Waals surface area contributed by atoms with Crippen LogP contribution < -0.4 is 4.90 Å². The first-order valence-corrected chi connectivity index (χ1v) is 7.47. The predicted octanol–water partition coefficient (Wildman–Crippen LogP) is 3.91. The van der Waals surface area contributed by atoms with Crippen LogP contribution in [0, 0.1) is 10.1 Å². The average molecular weight is 361 g/mol. The number of imide groups is 1. The van der Waals surface area contributed by atoms with Gasteiger partial charge in [-0.15, -0.1) is 0 Å². The van der Waals surface area contributed by atoms with Crippen molar-refractivity contribution in [2.45, 2.75) is 6.92 Å². The molecule has 0 heterocycles. The Morgan fingerprint density at radius 1 is 1.12 bits per heavy atom. The van der Waals surface area contributed by atoms with E-state index in [1.165, 1.54) is 31.2 Å². The first-order valence-electron chi connectivity index (χ1n) is 7.09. The monoisotopic (exact) mass is 360 g/mol. The molecule has 2 aromatic rings. The summed E-state index contributed by atoms with van der Waals surface area (Å²) in [5, 5.41) is 18.6. The fourth-order valence-corrected chi connectivity index (χ4v) is 2.11. The minimum absolute atomic E-state index is 0.0690. The summed E-state index contributed by atoms with van der Waals surface area (Å²) in [6.07, 6.45) is 0. The van der Waals surface area contributed by atoms with E-state index in [1.54, 1.807) is 24.3 Å². The van der Waals surface area contributed by atoms with Crippen LogP contribution in [0.1, 0.15) is 6.92 Å². The summed E-state index contributed by atoms with van der Waals surface area (Å²) in [4.78, 5) is 35.0. The van der Waals surface area contributed by atoms with E-state index in [9.17, 15) is 19.7 Å². The van der Waals surface area contributed by atoms with Crippen molar-refractivity contribution in [2.75, 3.05) is 11.4 Å². The molecular formula is C16H13ClN4O4. The quantitative estimate of drug-likeness (QED) is 0.457. The Balaban J connectivity index is 2.07. The highest BCUT2D eigenvalue weighted by atomic mass is 35.5. The van der Waals surface area contributed by atoms with E-state index in [1.807, 2.05) is 0 Å². The van der Waals surface area contributed by atoms with Crippen molar-refractivity contribution in [3.63, 3.8) is 0 Å². The topological polar surface area (TPSA) is 105 Å². The Hall–Kier alpha value is -3.13. The zero-order valence-corrected chi connectivity index (χ0v) is 13.9. The molecule has 0 bridgehead atoms. The van der Waals surface area contributed by atoms with Gasteiger partial charge >= 0.3 is 0 Å². The minimum atomic E-state index is -0.555. The number of carbonyl (C=O) groups excluding carboxylic acids is 2. The Labute approximate surface area is 147 Å². The maximum Gasteiger partial charge on any atom is 0.269 e. The lowest BCUT2D eigenvalue weighted by atomic mass is 10.2. The number of benzene rings is 2. The smallest absolute Gasteiger partial charge is 0.269 e. The molecule has 0 fully saturated rings. The molecule has 0 saturated heterocycles. The molecule has 2 aromatic carbocycles. The summed E-state index contributed by atoms with van der Waals surface area (Å²) < 4.78 is 0. The molecule has 9 heteroatoms. The van der Waals surface area contributed by atoms with Gasteiger partial charge in [-0.2, -0.15) is 10.2 Å². The molecule has 0 aliphatic rings. The zero-order valence-electron chi connectivity index (χ0n) is 13.1. The SMILES string of the molecule is CC(=O)N(C(=O)CN=Nc1ccc([N+](=O)[O-])cc1)c1ccc(Cl)cc1. The van der Waals surface area contributed by atoms with Crippen molar-refractivity contribution in [2.24, 2.45) is 10.2 Å². The first-order chi connectivity index (χ1) is 11.9. The average Bonchev–Trinajstić information content (AvgIpc) is 2.57. The second-order valence-electron chi connectivity index (χ2n) is 4.90. The van der Waals surface area contributed by atoms with Gasteiger partial charge in [0.2, 0.25) is 5.91 Å². The molecule has 0 spiro atoms. The Morgan fingerprint density at radius 2 is 1.72 bits per heavy atom. The molecule has 0 aliphatic carbocycles. The van der Waals surface area contributed by atoms with Crippen molar-refractivity contribution in [1.82, 2.24) is 0 Å². The van der Waals surface area contributed by atoms with Crippen LogP contribution in [-0.4, -0.2) is 23.3 Å². The molecule has 0 N–H and O–H groups in total. The normalized spacial score (nSPS) is 10.6. The highest BCUT2D eigenvalue weighted by Gasteiger charge is 2.19. The van der Waals surface area contributed by atoms with E-state index in [4.69, 9.17) is 11.6 Å². The van der Waals surface area contributed by atoms with Crippen molar-refractivity contribution in [3.8, 4) is 0 Å². The molecule has 0 atom stereocenters. The summed E-state index contributed by atoms with van der Waals surface area (Å²) >= 11 is 5.79. The molecular weight excluding hydrogens is 348 g/mol. The lowest BCUT2D eigenvalue weighted by Gasteiger charge is -2.18. The van der Waals surface area contributed by atoms with Gasteiger partial charge in [0, 0.05) is 24.1 Å². The Morgan fingerprint density at radius 3 is 2.24 bits per heavy atom. The van der Waals surface area contributed by atoms with E-state index >= 15 is 0 Å². The molecule has 2 amide bonds. The number of hydrogen-bond donors (Lipinski definition) is 0. The van der Waals surface area contributed by atoms with Crippen LogP contribution >= 0.6 is 11.6 Å². The highest BCUT2D eigenvalue weighted by Crippen LogP contribution is 2.20. The number of anilines is 1. The van der Waals surface area contributed by atoms with Crippen molar-refractivity contribution < 1.29 is 14.5 Å². The van der Waals surface area contributed by atoms with Gasteiger partial charge in [-0.3, -0.25) is 19.7 Å². The number of nitrogens with zero attached hydrogens (tertiary/aromatic N) is 4. The van der Waals surface area contributed by atoms with Gasteiger partial charge in [0.15, 0.2) is 0 Å². The van der Waals surface area contributed by atoms with Gasteiger partial charge in [0.25, 0.3) is 11.6 Å².